The van der Waals surface area contributed by atoms with Crippen LogP contribution in [-0.2, 0) is 0 Å². The molecule has 15 aromatic rings. The van der Waals surface area contributed by atoms with Crippen LogP contribution in [0, 0.1) is 0 Å². The first-order valence-corrected chi connectivity index (χ1v) is 27.3. The SMILES string of the molecule is c1ccc(C2C(c3ccc(-c4nc(-c5ccc(-c6nc7ccccc7n6-c6ccccc6)cc5)nc5c(-c6cc7ccccc7c7ccccc67)cc(-c6cc7ccccc7c7ccccc67)cc45)cc3)=Nc3ccccc32)cc1. The summed E-state index contributed by atoms with van der Waals surface area (Å²) >= 11 is 0. The number of fused-ring (bicyclic) bond motifs is 9. The summed E-state index contributed by atoms with van der Waals surface area (Å²) in [5, 5.41) is 10.5. The summed E-state index contributed by atoms with van der Waals surface area (Å²) < 4.78 is 2.24. The first-order chi connectivity index (χ1) is 39.7. The first kappa shape index (κ1) is 45.6. The lowest BCUT2D eigenvalue weighted by Gasteiger charge is -2.19. The molecule has 5 nitrogen and oxygen atoms in total. The molecule has 0 saturated carbocycles. The zero-order chi connectivity index (χ0) is 52.7. The third-order valence-corrected chi connectivity index (χ3v) is 16.3. The number of aliphatic imine (C=N–C) groups is 1. The Hall–Kier alpha value is -10.6. The van der Waals surface area contributed by atoms with Crippen molar-refractivity contribution in [1.82, 2.24) is 19.5 Å². The van der Waals surface area contributed by atoms with Gasteiger partial charge in [0, 0.05) is 33.3 Å². The van der Waals surface area contributed by atoms with Gasteiger partial charge in [-0.2, -0.15) is 0 Å². The maximum absolute atomic E-state index is 5.74. The van der Waals surface area contributed by atoms with E-state index in [4.69, 9.17) is 19.9 Å². The molecule has 0 radical (unpaired) electrons. The second kappa shape index (κ2) is 18.5. The van der Waals surface area contributed by atoms with Gasteiger partial charge in [-0.05, 0) is 131 Å². The smallest absolute Gasteiger partial charge is 0.160 e. The van der Waals surface area contributed by atoms with Crippen LogP contribution in [0.4, 0.5) is 5.69 Å². The van der Waals surface area contributed by atoms with Crippen LogP contribution in [0.3, 0.4) is 0 Å². The topological polar surface area (TPSA) is 56.0 Å². The van der Waals surface area contributed by atoms with Crippen molar-refractivity contribution in [2.45, 2.75) is 5.92 Å². The summed E-state index contributed by atoms with van der Waals surface area (Å²) in [6.45, 7) is 0. The number of imidazole rings is 1. The van der Waals surface area contributed by atoms with Crippen molar-refractivity contribution >= 4 is 76.4 Å². The molecule has 13 aromatic carbocycles. The van der Waals surface area contributed by atoms with Crippen LogP contribution in [-0.4, -0.2) is 25.2 Å². The van der Waals surface area contributed by atoms with E-state index < -0.39 is 0 Å². The lowest BCUT2D eigenvalue weighted by Crippen LogP contribution is -2.11. The van der Waals surface area contributed by atoms with Crippen molar-refractivity contribution in [3.8, 4) is 62.0 Å². The van der Waals surface area contributed by atoms with E-state index >= 15 is 0 Å². The van der Waals surface area contributed by atoms with Gasteiger partial charge in [0.25, 0.3) is 0 Å². The normalized spacial score (nSPS) is 13.2. The average molecular weight is 1020 g/mol. The van der Waals surface area contributed by atoms with Crippen molar-refractivity contribution < 1.29 is 0 Å². The molecule has 5 heteroatoms. The summed E-state index contributed by atoms with van der Waals surface area (Å²) in [6, 6.07) is 100. The summed E-state index contributed by atoms with van der Waals surface area (Å²) in [4.78, 5) is 22.0. The predicted molar refractivity (Wildman–Crippen MR) is 332 cm³/mol. The number of benzene rings is 13. The third kappa shape index (κ3) is 7.47. The van der Waals surface area contributed by atoms with Gasteiger partial charge in [-0.3, -0.25) is 9.56 Å². The minimum Gasteiger partial charge on any atom is -0.292 e. The van der Waals surface area contributed by atoms with Gasteiger partial charge < -0.3 is 0 Å². The van der Waals surface area contributed by atoms with Crippen LogP contribution in [0.2, 0.25) is 0 Å². The van der Waals surface area contributed by atoms with E-state index in [0.29, 0.717) is 5.82 Å². The molecule has 80 heavy (non-hydrogen) atoms. The van der Waals surface area contributed by atoms with E-state index in [1.807, 2.05) is 12.1 Å². The zero-order valence-electron chi connectivity index (χ0n) is 43.4. The Balaban J connectivity index is 0.950. The molecular weight excluding hydrogens is 971 g/mol. The fourth-order valence-corrected chi connectivity index (χ4v) is 12.5. The minimum atomic E-state index is 0.00973. The monoisotopic (exact) mass is 1020 g/mol. The molecule has 0 spiro atoms. The van der Waals surface area contributed by atoms with Crippen molar-refractivity contribution in [3.05, 3.63) is 296 Å². The summed E-state index contributed by atoms with van der Waals surface area (Å²) in [5.41, 5.74) is 17.6. The van der Waals surface area contributed by atoms with Gasteiger partial charge in [0.05, 0.1) is 39.6 Å². The average Bonchev–Trinajstić information content (AvgIpc) is 4.25. The van der Waals surface area contributed by atoms with Crippen LogP contribution in [0.5, 0.6) is 0 Å². The largest absolute Gasteiger partial charge is 0.292 e. The number of hydrogen-bond donors (Lipinski definition) is 0. The summed E-state index contributed by atoms with van der Waals surface area (Å²) in [7, 11) is 0. The van der Waals surface area contributed by atoms with Gasteiger partial charge in [-0.25, -0.2) is 15.0 Å². The number of nitrogens with zero attached hydrogens (tertiary/aromatic N) is 5. The maximum Gasteiger partial charge on any atom is 0.160 e. The molecule has 3 heterocycles. The number of hydrogen-bond acceptors (Lipinski definition) is 4. The highest BCUT2D eigenvalue weighted by Crippen LogP contribution is 2.46. The summed E-state index contributed by atoms with van der Waals surface area (Å²) in [5.74, 6) is 1.51. The Bertz CT molecular complexity index is 4980. The van der Waals surface area contributed by atoms with Crippen molar-refractivity contribution in [2.24, 2.45) is 4.99 Å². The van der Waals surface area contributed by atoms with E-state index in [1.54, 1.807) is 0 Å². The van der Waals surface area contributed by atoms with E-state index in [2.05, 4.69) is 271 Å². The minimum absolute atomic E-state index is 0.00973. The van der Waals surface area contributed by atoms with Crippen LogP contribution in [0.1, 0.15) is 22.6 Å². The molecule has 1 aliphatic rings. The molecule has 0 aliphatic carbocycles. The van der Waals surface area contributed by atoms with Gasteiger partial charge in [-0.15, -0.1) is 0 Å². The Labute approximate surface area is 462 Å². The van der Waals surface area contributed by atoms with Gasteiger partial charge in [0.2, 0.25) is 0 Å². The quantitative estimate of drug-likeness (QED) is 0.143. The number of para-hydroxylation sites is 4. The van der Waals surface area contributed by atoms with Crippen LogP contribution < -0.4 is 0 Å². The van der Waals surface area contributed by atoms with E-state index in [9.17, 15) is 0 Å². The highest BCUT2D eigenvalue weighted by molar-refractivity contribution is 6.19. The van der Waals surface area contributed by atoms with Crippen molar-refractivity contribution in [3.63, 3.8) is 0 Å². The highest BCUT2D eigenvalue weighted by Gasteiger charge is 2.30. The molecule has 2 aromatic heterocycles. The number of rotatable bonds is 8. The highest BCUT2D eigenvalue weighted by atomic mass is 15.1. The maximum atomic E-state index is 5.74. The molecule has 0 saturated heterocycles. The lowest BCUT2D eigenvalue weighted by molar-refractivity contribution is 1.10. The molecule has 0 fully saturated rings. The summed E-state index contributed by atoms with van der Waals surface area (Å²) in [6.07, 6.45) is 0. The molecular formula is C75H47N5. The lowest BCUT2D eigenvalue weighted by atomic mass is 9.85. The molecule has 16 rings (SSSR count). The fraction of sp³-hybridized carbons (Fsp3) is 0.0133. The van der Waals surface area contributed by atoms with Crippen LogP contribution in [0.25, 0.3) is 127 Å². The van der Waals surface area contributed by atoms with Gasteiger partial charge in [0.1, 0.15) is 5.82 Å². The second-order valence-electron chi connectivity index (χ2n) is 20.8. The molecule has 372 valence electrons. The van der Waals surface area contributed by atoms with Gasteiger partial charge in [-0.1, -0.05) is 224 Å². The molecule has 1 atom stereocenters. The van der Waals surface area contributed by atoms with Gasteiger partial charge in [0.15, 0.2) is 5.82 Å². The zero-order valence-corrected chi connectivity index (χ0v) is 43.4. The molecule has 0 bridgehead atoms. The first-order valence-electron chi connectivity index (χ1n) is 27.3. The van der Waals surface area contributed by atoms with E-state index in [-0.39, 0.29) is 5.92 Å². The van der Waals surface area contributed by atoms with Crippen molar-refractivity contribution in [1.29, 1.82) is 0 Å². The van der Waals surface area contributed by atoms with Crippen LogP contribution in [0.15, 0.2) is 284 Å². The second-order valence-corrected chi connectivity index (χ2v) is 20.8. The van der Waals surface area contributed by atoms with Gasteiger partial charge >= 0.3 is 0 Å². The molecule has 1 unspecified atom stereocenters. The standard InChI is InChI=1S/C75H47N5/c1-3-19-47(20-4-1)70-62-31-15-16-32-67(62)76-72(70)49-37-35-48(36-38-49)71-66-46-54(63-43-52-21-7-9-25-56(52)58-27-11-13-29-60(58)63)45-65(64-44-53-22-8-10-26-57(53)59-28-12-14-30-61(59)64)73(66)79-74(78-71)50-39-41-51(42-40-50)75-77-68-33-17-18-34-69(68)80(75)55-23-5-2-6-24-55/h1-46,70H. The van der Waals surface area contributed by atoms with E-state index in [1.165, 1.54) is 48.8 Å². The Kier molecular flexibility index (Phi) is 10.6. The Morgan fingerprint density at radius 3 is 1.61 bits per heavy atom. The molecule has 0 amide bonds. The third-order valence-electron chi connectivity index (χ3n) is 16.3. The Morgan fingerprint density at radius 2 is 0.887 bits per heavy atom. The predicted octanol–water partition coefficient (Wildman–Crippen LogP) is 19.2. The molecule has 0 N–H and O–H groups in total. The van der Waals surface area contributed by atoms with Crippen molar-refractivity contribution in [2.75, 3.05) is 0 Å². The number of aromatic nitrogens is 4. The Morgan fingerprint density at radius 1 is 0.338 bits per heavy atom. The molecule has 1 aliphatic heterocycles. The van der Waals surface area contributed by atoms with Crippen LogP contribution >= 0.6 is 0 Å². The van der Waals surface area contributed by atoms with E-state index in [0.717, 1.165) is 100 Å². The fourth-order valence-electron chi connectivity index (χ4n) is 12.5.